The third kappa shape index (κ3) is 5.42. The molecule has 8 heteroatoms. The SMILES string of the molecule is CNC(=O)Oc1c(Cl)cc(NC(=O)OC(C)C)cc1COC. The monoisotopic (exact) mass is 330 g/mol. The Bertz CT molecular complexity index is 548. The summed E-state index contributed by atoms with van der Waals surface area (Å²) in [7, 11) is 2.93. The van der Waals surface area contributed by atoms with Crippen LogP contribution in [0.1, 0.15) is 19.4 Å². The molecule has 0 aromatic heterocycles. The van der Waals surface area contributed by atoms with Gasteiger partial charge in [0, 0.05) is 25.4 Å². The van der Waals surface area contributed by atoms with Crippen LogP contribution in [0.25, 0.3) is 0 Å². The maximum absolute atomic E-state index is 11.6. The highest BCUT2D eigenvalue weighted by molar-refractivity contribution is 6.32. The van der Waals surface area contributed by atoms with Gasteiger partial charge in [-0.25, -0.2) is 9.59 Å². The lowest BCUT2D eigenvalue weighted by Gasteiger charge is -2.14. The highest BCUT2D eigenvalue weighted by Crippen LogP contribution is 2.33. The molecule has 22 heavy (non-hydrogen) atoms. The Labute approximate surface area is 133 Å². The van der Waals surface area contributed by atoms with Gasteiger partial charge >= 0.3 is 12.2 Å². The highest BCUT2D eigenvalue weighted by Gasteiger charge is 2.16. The van der Waals surface area contributed by atoms with Crippen molar-refractivity contribution in [2.75, 3.05) is 19.5 Å². The van der Waals surface area contributed by atoms with Crippen molar-refractivity contribution in [1.82, 2.24) is 5.32 Å². The van der Waals surface area contributed by atoms with E-state index in [-0.39, 0.29) is 23.5 Å². The van der Waals surface area contributed by atoms with Gasteiger partial charge < -0.3 is 19.5 Å². The molecule has 0 saturated carbocycles. The smallest absolute Gasteiger partial charge is 0.412 e. The predicted octanol–water partition coefficient (Wildman–Crippen LogP) is 3.16. The van der Waals surface area contributed by atoms with Crippen LogP contribution in [0.2, 0.25) is 5.02 Å². The molecule has 0 heterocycles. The van der Waals surface area contributed by atoms with Crippen LogP contribution in [0, 0.1) is 0 Å². The van der Waals surface area contributed by atoms with E-state index in [0.717, 1.165) is 0 Å². The number of carbonyl (C=O) groups excluding carboxylic acids is 2. The van der Waals surface area contributed by atoms with Crippen molar-refractivity contribution in [1.29, 1.82) is 0 Å². The standard InChI is InChI=1S/C14H19ClN2O5/c1-8(2)21-14(19)17-10-5-9(7-20-4)12(11(15)6-10)22-13(18)16-3/h5-6,8H,7H2,1-4H3,(H,16,18)(H,17,19). The van der Waals surface area contributed by atoms with Crippen molar-refractivity contribution in [2.45, 2.75) is 26.6 Å². The third-order valence-electron chi connectivity index (χ3n) is 2.41. The number of hydrogen-bond acceptors (Lipinski definition) is 5. The predicted molar refractivity (Wildman–Crippen MR) is 82.5 cm³/mol. The van der Waals surface area contributed by atoms with Crippen molar-refractivity contribution in [3.63, 3.8) is 0 Å². The Morgan fingerprint density at radius 1 is 1.27 bits per heavy atom. The van der Waals surface area contributed by atoms with E-state index in [2.05, 4.69) is 10.6 Å². The van der Waals surface area contributed by atoms with E-state index >= 15 is 0 Å². The molecule has 0 spiro atoms. The third-order valence-corrected chi connectivity index (χ3v) is 2.69. The Balaban J connectivity index is 3.03. The molecule has 1 rings (SSSR count). The maximum Gasteiger partial charge on any atom is 0.412 e. The zero-order valence-corrected chi connectivity index (χ0v) is 13.6. The number of ether oxygens (including phenoxy) is 3. The Kier molecular flexibility index (Phi) is 6.94. The van der Waals surface area contributed by atoms with Crippen molar-refractivity contribution in [3.05, 3.63) is 22.7 Å². The van der Waals surface area contributed by atoms with Gasteiger partial charge in [-0.15, -0.1) is 0 Å². The second-order valence-electron chi connectivity index (χ2n) is 4.60. The van der Waals surface area contributed by atoms with Crippen molar-refractivity contribution in [3.8, 4) is 5.75 Å². The second kappa shape index (κ2) is 8.45. The van der Waals surface area contributed by atoms with Gasteiger partial charge in [0.15, 0.2) is 5.75 Å². The van der Waals surface area contributed by atoms with E-state index < -0.39 is 12.2 Å². The van der Waals surface area contributed by atoms with Crippen LogP contribution in [-0.2, 0) is 16.1 Å². The number of anilines is 1. The fraction of sp³-hybridized carbons (Fsp3) is 0.429. The summed E-state index contributed by atoms with van der Waals surface area (Å²) in [4.78, 5) is 23.0. The van der Waals surface area contributed by atoms with E-state index in [9.17, 15) is 9.59 Å². The molecular formula is C14H19ClN2O5. The van der Waals surface area contributed by atoms with Crippen LogP contribution < -0.4 is 15.4 Å². The molecule has 0 aliphatic rings. The topological polar surface area (TPSA) is 85.9 Å². The summed E-state index contributed by atoms with van der Waals surface area (Å²) in [6, 6.07) is 3.05. The van der Waals surface area contributed by atoms with Crippen LogP contribution in [0.15, 0.2) is 12.1 Å². The number of rotatable bonds is 5. The fourth-order valence-electron chi connectivity index (χ4n) is 1.60. The van der Waals surface area contributed by atoms with Gasteiger partial charge in [0.05, 0.1) is 17.7 Å². The van der Waals surface area contributed by atoms with E-state index in [0.29, 0.717) is 11.3 Å². The number of hydrogen-bond donors (Lipinski definition) is 2. The van der Waals surface area contributed by atoms with E-state index in [1.807, 2.05) is 0 Å². The van der Waals surface area contributed by atoms with Crippen LogP contribution >= 0.6 is 11.6 Å². The quantitative estimate of drug-likeness (QED) is 0.866. The summed E-state index contributed by atoms with van der Waals surface area (Å²) in [6.45, 7) is 3.63. The average molecular weight is 331 g/mol. The van der Waals surface area contributed by atoms with Gasteiger partial charge in [-0.05, 0) is 26.0 Å². The minimum atomic E-state index is -0.654. The molecule has 0 fully saturated rings. The van der Waals surface area contributed by atoms with Crippen LogP contribution in [0.3, 0.4) is 0 Å². The highest BCUT2D eigenvalue weighted by atomic mass is 35.5. The molecule has 2 amide bonds. The average Bonchev–Trinajstić information content (AvgIpc) is 2.41. The van der Waals surface area contributed by atoms with Gasteiger partial charge in [-0.3, -0.25) is 5.32 Å². The number of carbonyl (C=O) groups is 2. The molecule has 0 unspecified atom stereocenters. The lowest BCUT2D eigenvalue weighted by molar-refractivity contribution is 0.130. The molecule has 1 aromatic carbocycles. The van der Waals surface area contributed by atoms with Crippen LogP contribution in [-0.4, -0.2) is 32.4 Å². The molecule has 0 saturated heterocycles. The summed E-state index contributed by atoms with van der Waals surface area (Å²) in [5.74, 6) is 0.172. The number of halogens is 1. The largest absolute Gasteiger partial charge is 0.447 e. The molecule has 2 N–H and O–H groups in total. The molecule has 7 nitrogen and oxygen atoms in total. The first kappa shape index (κ1) is 18.1. The summed E-state index contributed by atoms with van der Waals surface area (Å²) >= 11 is 6.11. The molecule has 0 radical (unpaired) electrons. The molecule has 0 aliphatic carbocycles. The number of methoxy groups -OCH3 is 1. The molecule has 122 valence electrons. The maximum atomic E-state index is 11.6. The molecule has 1 aromatic rings. The number of benzene rings is 1. The molecule has 0 aliphatic heterocycles. The molecule has 0 atom stereocenters. The normalized spacial score (nSPS) is 10.3. The van der Waals surface area contributed by atoms with Gasteiger partial charge in [0.25, 0.3) is 0 Å². The van der Waals surface area contributed by atoms with E-state index in [1.165, 1.54) is 20.2 Å². The van der Waals surface area contributed by atoms with Gasteiger partial charge in [0.2, 0.25) is 0 Å². The summed E-state index contributed by atoms with van der Waals surface area (Å²) in [5.41, 5.74) is 0.922. The first-order valence-electron chi connectivity index (χ1n) is 6.56. The minimum Gasteiger partial charge on any atom is -0.447 e. The first-order chi connectivity index (χ1) is 10.4. The summed E-state index contributed by atoms with van der Waals surface area (Å²) in [5, 5.41) is 5.04. The van der Waals surface area contributed by atoms with Gasteiger partial charge in [0.1, 0.15) is 0 Å². The zero-order chi connectivity index (χ0) is 16.7. The van der Waals surface area contributed by atoms with Gasteiger partial charge in [-0.1, -0.05) is 11.6 Å². The minimum absolute atomic E-state index is 0.154. The Morgan fingerprint density at radius 2 is 1.95 bits per heavy atom. The molecule has 0 bridgehead atoms. The van der Waals surface area contributed by atoms with Crippen molar-refractivity contribution >= 4 is 29.5 Å². The van der Waals surface area contributed by atoms with Crippen LogP contribution in [0.4, 0.5) is 15.3 Å². The Hall–Kier alpha value is -1.99. The number of amides is 2. The lowest BCUT2D eigenvalue weighted by Crippen LogP contribution is -2.23. The van der Waals surface area contributed by atoms with E-state index in [4.69, 9.17) is 25.8 Å². The van der Waals surface area contributed by atoms with Gasteiger partial charge in [-0.2, -0.15) is 0 Å². The molecular weight excluding hydrogens is 312 g/mol. The summed E-state index contributed by atoms with van der Waals surface area (Å²) in [6.07, 6.45) is -1.50. The first-order valence-corrected chi connectivity index (χ1v) is 6.93. The lowest BCUT2D eigenvalue weighted by atomic mass is 10.2. The Morgan fingerprint density at radius 3 is 2.50 bits per heavy atom. The fourth-order valence-corrected chi connectivity index (χ4v) is 1.88. The summed E-state index contributed by atoms with van der Waals surface area (Å²) < 4.78 is 15.1. The second-order valence-corrected chi connectivity index (χ2v) is 5.01. The zero-order valence-electron chi connectivity index (χ0n) is 12.9. The van der Waals surface area contributed by atoms with E-state index in [1.54, 1.807) is 19.9 Å². The van der Waals surface area contributed by atoms with Crippen molar-refractivity contribution < 1.29 is 23.8 Å². The van der Waals surface area contributed by atoms with Crippen LogP contribution in [0.5, 0.6) is 5.75 Å². The number of nitrogens with one attached hydrogen (secondary N) is 2. The van der Waals surface area contributed by atoms with Crippen molar-refractivity contribution in [2.24, 2.45) is 0 Å².